The van der Waals surface area contributed by atoms with Crippen LogP contribution in [0.3, 0.4) is 0 Å². The molecule has 0 aliphatic heterocycles. The molecule has 1 fully saturated rings. The van der Waals surface area contributed by atoms with Gasteiger partial charge in [0.25, 0.3) is 0 Å². The van der Waals surface area contributed by atoms with Gasteiger partial charge in [0.15, 0.2) is 0 Å². The summed E-state index contributed by atoms with van der Waals surface area (Å²) in [5.41, 5.74) is 1.63. The molecule has 3 rings (SSSR count). The van der Waals surface area contributed by atoms with Crippen LogP contribution >= 0.6 is 0 Å². The van der Waals surface area contributed by atoms with Crippen LogP contribution < -0.4 is 10.0 Å². The maximum absolute atomic E-state index is 12.2. The Morgan fingerprint density at radius 3 is 2.52 bits per heavy atom. The van der Waals surface area contributed by atoms with Gasteiger partial charge in [-0.2, -0.15) is 5.26 Å². The Morgan fingerprint density at radius 1 is 1.24 bits per heavy atom. The van der Waals surface area contributed by atoms with Gasteiger partial charge >= 0.3 is 0 Å². The molecule has 130 valence electrons. The molecule has 6 nitrogen and oxygen atoms in total. The highest BCUT2D eigenvalue weighted by Crippen LogP contribution is 2.28. The molecule has 1 aliphatic carbocycles. The minimum atomic E-state index is -3.49. The molecule has 2 N–H and O–H groups in total. The van der Waals surface area contributed by atoms with E-state index in [1.54, 1.807) is 24.3 Å². The van der Waals surface area contributed by atoms with Gasteiger partial charge in [-0.25, -0.2) is 18.1 Å². The van der Waals surface area contributed by atoms with Crippen molar-refractivity contribution in [1.29, 1.82) is 5.26 Å². The van der Waals surface area contributed by atoms with E-state index in [4.69, 9.17) is 5.26 Å². The van der Waals surface area contributed by atoms with Gasteiger partial charge in [-0.1, -0.05) is 12.1 Å². The highest BCUT2D eigenvalue weighted by molar-refractivity contribution is 7.89. The number of rotatable bonds is 7. The van der Waals surface area contributed by atoms with E-state index in [-0.39, 0.29) is 10.9 Å². The fraction of sp³-hybridized carbons (Fsp3) is 0.333. The maximum Gasteiger partial charge on any atom is 0.242 e. The predicted molar refractivity (Wildman–Crippen MR) is 95.3 cm³/mol. The summed E-state index contributed by atoms with van der Waals surface area (Å²) in [6.45, 7) is 2.48. The molecule has 1 heterocycles. The van der Waals surface area contributed by atoms with Gasteiger partial charge in [0.2, 0.25) is 10.0 Å². The number of benzene rings is 1. The third kappa shape index (κ3) is 4.56. The molecule has 1 saturated carbocycles. The van der Waals surface area contributed by atoms with Crippen LogP contribution in [0.15, 0.2) is 47.5 Å². The van der Waals surface area contributed by atoms with Crippen molar-refractivity contribution in [1.82, 2.24) is 9.71 Å². The molecule has 1 aromatic carbocycles. The third-order valence-electron chi connectivity index (χ3n) is 4.21. The van der Waals surface area contributed by atoms with Crippen LogP contribution in [0.25, 0.3) is 0 Å². The smallest absolute Gasteiger partial charge is 0.242 e. The number of nitrogens with zero attached hydrogens (tertiary/aromatic N) is 2. The minimum Gasteiger partial charge on any atom is -0.364 e. The molecular weight excluding hydrogens is 336 g/mol. The molecule has 0 radical (unpaired) electrons. The minimum absolute atomic E-state index is 0.0179. The zero-order valence-electron chi connectivity index (χ0n) is 13.9. The predicted octanol–water partition coefficient (Wildman–Crippen LogP) is 2.81. The van der Waals surface area contributed by atoms with Gasteiger partial charge in [0.1, 0.15) is 10.7 Å². The number of nitrogens with one attached hydrogen (secondary N) is 2. The Kier molecular flexibility index (Phi) is 5.02. The van der Waals surface area contributed by atoms with E-state index >= 15 is 0 Å². The molecule has 0 spiro atoms. The first-order valence-electron chi connectivity index (χ1n) is 8.20. The van der Waals surface area contributed by atoms with Gasteiger partial charge in [-0.05, 0) is 55.5 Å². The Balaban J connectivity index is 1.64. The number of hydrogen-bond acceptors (Lipinski definition) is 5. The average molecular weight is 356 g/mol. The Morgan fingerprint density at radius 2 is 1.96 bits per heavy atom. The molecule has 25 heavy (non-hydrogen) atoms. The molecule has 1 aromatic heterocycles. The van der Waals surface area contributed by atoms with Gasteiger partial charge in [-0.3, -0.25) is 0 Å². The number of sulfonamides is 1. The lowest BCUT2D eigenvalue weighted by Crippen LogP contribution is -2.26. The average Bonchev–Trinajstić information content (AvgIpc) is 3.45. The van der Waals surface area contributed by atoms with Crippen molar-refractivity contribution in [2.75, 3.05) is 11.9 Å². The second-order valence-corrected chi connectivity index (χ2v) is 8.04. The van der Waals surface area contributed by atoms with Crippen LogP contribution in [-0.4, -0.2) is 19.9 Å². The molecule has 2 aromatic rings. The summed E-state index contributed by atoms with van der Waals surface area (Å²) < 4.78 is 27.0. The summed E-state index contributed by atoms with van der Waals surface area (Å²) in [4.78, 5) is 4.38. The topological polar surface area (TPSA) is 94.9 Å². The lowest BCUT2D eigenvalue weighted by molar-refractivity contribution is 0.577. The van der Waals surface area contributed by atoms with Crippen LogP contribution in [0.1, 0.15) is 36.9 Å². The number of aromatic nitrogens is 1. The molecule has 0 amide bonds. The van der Waals surface area contributed by atoms with Crippen molar-refractivity contribution in [2.24, 2.45) is 5.92 Å². The zero-order chi connectivity index (χ0) is 17.9. The first-order chi connectivity index (χ1) is 12.0. The summed E-state index contributed by atoms with van der Waals surface area (Å²) in [5.74, 6) is 1.08. The quantitative estimate of drug-likeness (QED) is 0.795. The third-order valence-corrected chi connectivity index (χ3v) is 5.62. The van der Waals surface area contributed by atoms with E-state index in [1.165, 1.54) is 6.20 Å². The summed E-state index contributed by atoms with van der Waals surface area (Å²) in [5, 5.41) is 12.1. The van der Waals surface area contributed by atoms with Crippen molar-refractivity contribution >= 4 is 15.8 Å². The number of anilines is 1. The second kappa shape index (κ2) is 7.21. The van der Waals surface area contributed by atoms with E-state index in [1.807, 2.05) is 19.1 Å². The van der Waals surface area contributed by atoms with Crippen molar-refractivity contribution in [3.05, 3.63) is 53.7 Å². The monoisotopic (exact) mass is 356 g/mol. The summed E-state index contributed by atoms with van der Waals surface area (Å²) in [7, 11) is -3.49. The Bertz CT molecular complexity index is 867. The molecule has 1 aliphatic rings. The Hall–Kier alpha value is -2.43. The lowest BCUT2D eigenvalue weighted by Gasteiger charge is -2.15. The highest BCUT2D eigenvalue weighted by atomic mass is 32.2. The fourth-order valence-corrected chi connectivity index (χ4v) is 3.47. The Labute approximate surface area is 148 Å². The first kappa shape index (κ1) is 17.4. The van der Waals surface area contributed by atoms with E-state index in [9.17, 15) is 8.42 Å². The second-order valence-electron chi connectivity index (χ2n) is 6.27. The van der Waals surface area contributed by atoms with Crippen LogP contribution in [-0.2, 0) is 10.0 Å². The van der Waals surface area contributed by atoms with Crippen molar-refractivity contribution in [3.63, 3.8) is 0 Å². The van der Waals surface area contributed by atoms with Crippen LogP contribution in [0, 0.1) is 17.2 Å². The standard InChI is InChI=1S/C18H20N4O2S/c1-13(16-6-4-14(10-19)5-7-16)22-18-9-8-17(12-20-18)25(23,24)21-11-15-2-3-15/h4-9,12-13,15,21H,2-3,11H2,1H3,(H,20,22). The van der Waals surface area contributed by atoms with Crippen LogP contribution in [0.4, 0.5) is 5.82 Å². The van der Waals surface area contributed by atoms with Gasteiger partial charge < -0.3 is 5.32 Å². The van der Waals surface area contributed by atoms with Gasteiger partial charge in [-0.15, -0.1) is 0 Å². The lowest BCUT2D eigenvalue weighted by atomic mass is 10.1. The molecule has 0 bridgehead atoms. The van der Waals surface area contributed by atoms with E-state index in [0.29, 0.717) is 23.8 Å². The molecule has 1 unspecified atom stereocenters. The number of pyridine rings is 1. The highest BCUT2D eigenvalue weighted by Gasteiger charge is 2.24. The maximum atomic E-state index is 12.2. The molecular formula is C18H20N4O2S. The van der Waals surface area contributed by atoms with Crippen molar-refractivity contribution in [3.8, 4) is 6.07 Å². The van der Waals surface area contributed by atoms with E-state index in [2.05, 4.69) is 21.1 Å². The van der Waals surface area contributed by atoms with Gasteiger partial charge in [0.05, 0.1) is 11.6 Å². The molecule has 7 heteroatoms. The zero-order valence-corrected chi connectivity index (χ0v) is 14.8. The van der Waals surface area contributed by atoms with Crippen LogP contribution in [0.2, 0.25) is 0 Å². The van der Waals surface area contributed by atoms with Crippen molar-refractivity contribution in [2.45, 2.75) is 30.7 Å². The SMILES string of the molecule is CC(Nc1ccc(S(=O)(=O)NCC2CC2)cn1)c1ccc(C#N)cc1. The van der Waals surface area contributed by atoms with Crippen LogP contribution in [0.5, 0.6) is 0 Å². The number of hydrogen-bond donors (Lipinski definition) is 2. The van der Waals surface area contributed by atoms with Crippen molar-refractivity contribution < 1.29 is 8.42 Å². The molecule has 1 atom stereocenters. The fourth-order valence-electron chi connectivity index (χ4n) is 2.41. The summed E-state index contributed by atoms with van der Waals surface area (Å²) in [6.07, 6.45) is 3.55. The summed E-state index contributed by atoms with van der Waals surface area (Å²) >= 11 is 0. The first-order valence-corrected chi connectivity index (χ1v) is 9.68. The molecule has 0 saturated heterocycles. The largest absolute Gasteiger partial charge is 0.364 e. The van der Waals surface area contributed by atoms with E-state index < -0.39 is 10.0 Å². The normalized spacial score (nSPS) is 15.4. The summed E-state index contributed by atoms with van der Waals surface area (Å²) in [6, 6.07) is 12.6. The number of nitriles is 1. The van der Waals surface area contributed by atoms with Gasteiger partial charge in [0, 0.05) is 18.8 Å². The van der Waals surface area contributed by atoms with E-state index in [0.717, 1.165) is 18.4 Å².